The van der Waals surface area contributed by atoms with E-state index in [0.29, 0.717) is 5.69 Å². The third kappa shape index (κ3) is 3.51. The summed E-state index contributed by atoms with van der Waals surface area (Å²) >= 11 is 0. The van der Waals surface area contributed by atoms with Crippen LogP contribution in [-0.2, 0) is 14.9 Å². The maximum absolute atomic E-state index is 10.9. The summed E-state index contributed by atoms with van der Waals surface area (Å²) in [7, 11) is -4.27. The topological polar surface area (TPSA) is 136 Å². The van der Waals surface area contributed by atoms with E-state index in [4.69, 9.17) is 9.29 Å². The molecule has 21 heavy (non-hydrogen) atoms. The summed E-state index contributed by atoms with van der Waals surface area (Å²) < 4.78 is 36.0. The van der Waals surface area contributed by atoms with Crippen LogP contribution < -0.4 is 5.32 Å². The summed E-state index contributed by atoms with van der Waals surface area (Å²) in [5, 5.41) is 31.9. The molecule has 0 spiro atoms. The number of rotatable bonds is 3. The summed E-state index contributed by atoms with van der Waals surface area (Å²) in [6, 6.07) is 5.12. The second-order valence-electron chi connectivity index (χ2n) is 4.88. The Morgan fingerprint density at radius 2 is 1.62 bits per heavy atom. The minimum absolute atomic E-state index is 0.262. The van der Waals surface area contributed by atoms with Gasteiger partial charge in [0, 0.05) is 5.69 Å². The lowest BCUT2D eigenvalue weighted by Crippen LogP contribution is -2.58. The molecule has 1 aromatic rings. The molecule has 0 aromatic heterocycles. The van der Waals surface area contributed by atoms with E-state index in [-0.39, 0.29) is 4.90 Å². The van der Waals surface area contributed by atoms with Crippen LogP contribution in [0.5, 0.6) is 0 Å². The molecule has 0 saturated carbocycles. The van der Waals surface area contributed by atoms with Crippen molar-refractivity contribution in [3.63, 3.8) is 0 Å². The Hall–Kier alpha value is -1.23. The van der Waals surface area contributed by atoms with Gasteiger partial charge in [-0.25, -0.2) is 0 Å². The Balaban J connectivity index is 2.11. The summed E-state index contributed by atoms with van der Waals surface area (Å²) in [6.07, 6.45) is -5.55. The molecule has 9 heteroatoms. The van der Waals surface area contributed by atoms with Crippen LogP contribution in [0.15, 0.2) is 29.2 Å². The fourth-order valence-electron chi connectivity index (χ4n) is 2.06. The number of hydrogen-bond donors (Lipinski definition) is 5. The van der Waals surface area contributed by atoms with Crippen molar-refractivity contribution in [1.29, 1.82) is 0 Å². The SMILES string of the molecule is C[C@@H]1O[C@H](Nc2ccc(S(=O)(=O)O)cc2)[C@H](O)[C@H](O)[C@@H]1O. The minimum atomic E-state index is -4.27. The summed E-state index contributed by atoms with van der Waals surface area (Å²) in [6.45, 7) is 1.55. The van der Waals surface area contributed by atoms with Gasteiger partial charge in [0.1, 0.15) is 18.3 Å². The highest BCUT2D eigenvalue weighted by molar-refractivity contribution is 7.85. The third-order valence-electron chi connectivity index (χ3n) is 3.31. The number of anilines is 1. The van der Waals surface area contributed by atoms with Gasteiger partial charge in [0.2, 0.25) is 0 Å². The molecule has 1 aromatic carbocycles. The van der Waals surface area contributed by atoms with Gasteiger partial charge in [0.25, 0.3) is 10.1 Å². The number of aliphatic hydroxyl groups is 3. The van der Waals surface area contributed by atoms with Crippen LogP contribution in [0.1, 0.15) is 6.92 Å². The molecule has 0 radical (unpaired) electrons. The quantitative estimate of drug-likeness (QED) is 0.456. The van der Waals surface area contributed by atoms with E-state index >= 15 is 0 Å². The first-order chi connectivity index (χ1) is 9.70. The van der Waals surface area contributed by atoms with Crippen molar-refractivity contribution >= 4 is 15.8 Å². The van der Waals surface area contributed by atoms with Crippen LogP contribution in [-0.4, -0.2) is 58.9 Å². The predicted molar refractivity (Wildman–Crippen MR) is 72.2 cm³/mol. The average Bonchev–Trinajstić information content (AvgIpc) is 2.42. The first kappa shape index (κ1) is 16.1. The van der Waals surface area contributed by atoms with Crippen molar-refractivity contribution in [1.82, 2.24) is 0 Å². The monoisotopic (exact) mass is 319 g/mol. The number of nitrogens with one attached hydrogen (secondary N) is 1. The van der Waals surface area contributed by atoms with Crippen LogP contribution in [0.4, 0.5) is 5.69 Å². The second kappa shape index (κ2) is 5.87. The van der Waals surface area contributed by atoms with Crippen LogP contribution >= 0.6 is 0 Å². The van der Waals surface area contributed by atoms with Crippen molar-refractivity contribution in [3.05, 3.63) is 24.3 Å². The predicted octanol–water partition coefficient (Wildman–Crippen LogP) is -0.827. The number of aliphatic hydroxyl groups excluding tert-OH is 3. The smallest absolute Gasteiger partial charge is 0.294 e. The molecule has 1 saturated heterocycles. The van der Waals surface area contributed by atoms with E-state index in [1.807, 2.05) is 0 Å². The first-order valence-corrected chi connectivity index (χ1v) is 7.68. The number of ether oxygens (including phenoxy) is 1. The summed E-state index contributed by atoms with van der Waals surface area (Å²) in [4.78, 5) is -0.262. The van der Waals surface area contributed by atoms with E-state index in [9.17, 15) is 23.7 Å². The van der Waals surface area contributed by atoms with Crippen LogP contribution in [0.3, 0.4) is 0 Å². The zero-order chi connectivity index (χ0) is 15.8. The highest BCUT2D eigenvalue weighted by atomic mass is 32.2. The highest BCUT2D eigenvalue weighted by Crippen LogP contribution is 2.23. The average molecular weight is 319 g/mol. The van der Waals surface area contributed by atoms with Gasteiger partial charge in [-0.15, -0.1) is 0 Å². The van der Waals surface area contributed by atoms with Gasteiger partial charge in [-0.3, -0.25) is 4.55 Å². The standard InChI is InChI=1S/C12H17NO7S/c1-6-9(14)10(15)11(16)12(20-6)13-7-2-4-8(5-3-7)21(17,18)19/h2-6,9-16H,1H3,(H,17,18,19)/t6-,9+,10+,11+,12-/m0/s1. The molecular weight excluding hydrogens is 302 g/mol. The van der Waals surface area contributed by atoms with Gasteiger partial charge in [-0.2, -0.15) is 8.42 Å². The van der Waals surface area contributed by atoms with Gasteiger partial charge >= 0.3 is 0 Å². The lowest BCUT2D eigenvalue weighted by Gasteiger charge is -2.39. The van der Waals surface area contributed by atoms with Crippen molar-refractivity contribution in [3.8, 4) is 0 Å². The molecule has 118 valence electrons. The zero-order valence-corrected chi connectivity index (χ0v) is 11.9. The fourth-order valence-corrected chi connectivity index (χ4v) is 2.54. The maximum Gasteiger partial charge on any atom is 0.294 e. The molecule has 0 aliphatic carbocycles. The van der Waals surface area contributed by atoms with Crippen molar-refractivity contribution in [2.24, 2.45) is 0 Å². The Morgan fingerprint density at radius 1 is 1.05 bits per heavy atom. The van der Waals surface area contributed by atoms with E-state index in [2.05, 4.69) is 5.32 Å². The van der Waals surface area contributed by atoms with Gasteiger partial charge in [-0.05, 0) is 31.2 Å². The minimum Gasteiger partial charge on any atom is -0.388 e. The normalized spacial score (nSPS) is 33.7. The molecule has 2 rings (SSSR count). The number of hydrogen-bond acceptors (Lipinski definition) is 7. The third-order valence-corrected chi connectivity index (χ3v) is 4.18. The highest BCUT2D eigenvalue weighted by Gasteiger charge is 2.41. The van der Waals surface area contributed by atoms with Gasteiger partial charge in [0.15, 0.2) is 6.23 Å². The van der Waals surface area contributed by atoms with E-state index in [1.54, 1.807) is 6.92 Å². The Labute approximate surface area is 121 Å². The van der Waals surface area contributed by atoms with Gasteiger partial charge in [0.05, 0.1) is 11.0 Å². The van der Waals surface area contributed by atoms with Crippen LogP contribution in [0.2, 0.25) is 0 Å². The Morgan fingerprint density at radius 3 is 2.14 bits per heavy atom. The van der Waals surface area contributed by atoms with Crippen LogP contribution in [0.25, 0.3) is 0 Å². The molecular formula is C12H17NO7S. The number of benzene rings is 1. The molecule has 0 unspecified atom stereocenters. The van der Waals surface area contributed by atoms with Gasteiger partial charge < -0.3 is 25.4 Å². The molecule has 8 nitrogen and oxygen atoms in total. The second-order valence-corrected chi connectivity index (χ2v) is 6.30. The zero-order valence-electron chi connectivity index (χ0n) is 11.1. The first-order valence-electron chi connectivity index (χ1n) is 6.24. The molecule has 5 atom stereocenters. The lowest BCUT2D eigenvalue weighted by atomic mass is 9.99. The lowest BCUT2D eigenvalue weighted by molar-refractivity contribution is -0.209. The maximum atomic E-state index is 10.9. The van der Waals surface area contributed by atoms with Crippen molar-refractivity contribution < 1.29 is 33.0 Å². The van der Waals surface area contributed by atoms with E-state index in [0.717, 1.165) is 0 Å². The van der Waals surface area contributed by atoms with Crippen molar-refractivity contribution in [2.45, 2.75) is 42.5 Å². The van der Waals surface area contributed by atoms with E-state index < -0.39 is 40.8 Å². The molecule has 0 amide bonds. The summed E-state index contributed by atoms with van der Waals surface area (Å²) in [5.74, 6) is 0. The molecule has 0 bridgehead atoms. The molecule has 1 aliphatic rings. The largest absolute Gasteiger partial charge is 0.388 e. The fraction of sp³-hybridized carbons (Fsp3) is 0.500. The van der Waals surface area contributed by atoms with Crippen molar-refractivity contribution in [2.75, 3.05) is 5.32 Å². The molecule has 1 aliphatic heterocycles. The molecule has 5 N–H and O–H groups in total. The van der Waals surface area contributed by atoms with Gasteiger partial charge in [-0.1, -0.05) is 0 Å². The Kier molecular flexibility index (Phi) is 4.51. The van der Waals surface area contributed by atoms with E-state index in [1.165, 1.54) is 24.3 Å². The van der Waals surface area contributed by atoms with Crippen LogP contribution in [0, 0.1) is 0 Å². The molecule has 1 heterocycles. The summed E-state index contributed by atoms with van der Waals surface area (Å²) in [5.41, 5.74) is 0.419. The Bertz CT molecular complexity index is 588. The molecule has 1 fully saturated rings.